The molecule has 0 radical (unpaired) electrons. The molecule has 0 aliphatic carbocycles. The normalized spacial score (nSPS) is 8.24. The van der Waals surface area contributed by atoms with Crippen LogP contribution in [0.25, 0.3) is 6.08 Å². The average Bonchev–Trinajstić information content (AvgIpc) is 2.54. The van der Waals surface area contributed by atoms with Crippen LogP contribution in [0.5, 0.6) is 0 Å². The number of hydrogen-bond donors (Lipinski definition) is 1. The number of hydrogen-bond acceptors (Lipinski definition) is 3. The maximum absolute atomic E-state index is 10.1. The predicted octanol–water partition coefficient (Wildman–Crippen LogP) is 3.49. The van der Waals surface area contributed by atoms with E-state index in [2.05, 4.69) is 24.5 Å². The van der Waals surface area contributed by atoms with E-state index in [4.69, 9.17) is 5.11 Å². The van der Waals surface area contributed by atoms with Crippen LogP contribution >= 0.6 is 0 Å². The van der Waals surface area contributed by atoms with Crippen LogP contribution in [0.15, 0.2) is 74.4 Å². The Balaban J connectivity index is 0. The smallest absolute Gasteiger partial charge is 0.330 e. The Kier molecular flexibility index (Phi) is 14.8. The molecular formula is C17H20O4. The van der Waals surface area contributed by atoms with Gasteiger partial charge in [-0.05, 0) is 5.56 Å². The van der Waals surface area contributed by atoms with Gasteiger partial charge in [0.2, 0.25) is 0 Å². The molecule has 0 spiro atoms. The summed E-state index contributed by atoms with van der Waals surface area (Å²) in [5, 5.41) is 7.96. The van der Waals surface area contributed by atoms with Crippen LogP contribution in [0.4, 0.5) is 0 Å². The van der Waals surface area contributed by atoms with E-state index in [1.54, 1.807) is 12.2 Å². The van der Waals surface area contributed by atoms with Gasteiger partial charge in [0, 0.05) is 12.2 Å². The minimum Gasteiger partial charge on any atom is -0.478 e. The molecule has 0 saturated carbocycles. The van der Waals surface area contributed by atoms with Gasteiger partial charge in [0.25, 0.3) is 0 Å². The van der Waals surface area contributed by atoms with E-state index >= 15 is 0 Å². The van der Waals surface area contributed by atoms with Crippen molar-refractivity contribution in [2.24, 2.45) is 0 Å². The van der Waals surface area contributed by atoms with Gasteiger partial charge in [-0.25, -0.2) is 9.59 Å². The number of rotatable bonds is 4. The molecule has 1 N–H and O–H groups in total. The molecule has 0 saturated heterocycles. The van der Waals surface area contributed by atoms with Crippen LogP contribution in [0.3, 0.4) is 0 Å². The molecule has 0 heterocycles. The molecule has 1 aromatic carbocycles. The van der Waals surface area contributed by atoms with Gasteiger partial charge in [0.15, 0.2) is 0 Å². The lowest BCUT2D eigenvalue weighted by Gasteiger charge is -1.85. The Hall–Kier alpha value is -2.88. The van der Waals surface area contributed by atoms with Gasteiger partial charge in [-0.15, -0.1) is 0 Å². The number of ether oxygens (including phenoxy) is 1. The highest BCUT2D eigenvalue weighted by Crippen LogP contribution is 1.97. The van der Waals surface area contributed by atoms with Crippen molar-refractivity contribution in [3.8, 4) is 0 Å². The van der Waals surface area contributed by atoms with Crippen LogP contribution in [-0.4, -0.2) is 24.2 Å². The van der Waals surface area contributed by atoms with Gasteiger partial charge in [0.1, 0.15) is 0 Å². The third-order valence-corrected chi connectivity index (χ3v) is 1.77. The Labute approximate surface area is 125 Å². The zero-order valence-electron chi connectivity index (χ0n) is 12.1. The van der Waals surface area contributed by atoms with E-state index in [0.29, 0.717) is 6.08 Å². The highest BCUT2D eigenvalue weighted by Gasteiger charge is 1.91. The number of esters is 1. The van der Waals surface area contributed by atoms with Gasteiger partial charge in [-0.2, -0.15) is 0 Å². The summed E-state index contributed by atoms with van der Waals surface area (Å²) < 4.78 is 4.11. The quantitative estimate of drug-likeness (QED) is 0.523. The lowest BCUT2D eigenvalue weighted by molar-refractivity contribution is -0.136. The van der Waals surface area contributed by atoms with Crippen molar-refractivity contribution >= 4 is 18.0 Å². The molecule has 112 valence electrons. The molecule has 1 rings (SSSR count). The summed E-state index contributed by atoms with van der Waals surface area (Å²) in [4.78, 5) is 19.9. The van der Waals surface area contributed by atoms with Crippen molar-refractivity contribution in [2.75, 3.05) is 7.11 Å². The van der Waals surface area contributed by atoms with E-state index in [9.17, 15) is 9.59 Å². The first-order chi connectivity index (χ1) is 10.0. The van der Waals surface area contributed by atoms with Crippen LogP contribution < -0.4 is 0 Å². The molecular weight excluding hydrogens is 268 g/mol. The average molecular weight is 288 g/mol. The van der Waals surface area contributed by atoms with Gasteiger partial charge in [0.05, 0.1) is 7.11 Å². The van der Waals surface area contributed by atoms with Crippen molar-refractivity contribution in [1.29, 1.82) is 0 Å². The standard InChI is InChI=1S/C8H8.C5H6O4.C4H6/c1-2-8-6-4-3-5-7-8;1-9-5(8)3-2-4(6)7;1-3-4-2/h2-7H,1H2;2-3H,1H3,(H,6,7);3-4H,1-2H2/b;3-2-;. The van der Waals surface area contributed by atoms with Crippen molar-refractivity contribution in [2.45, 2.75) is 0 Å². The number of methoxy groups -OCH3 is 1. The first-order valence-corrected chi connectivity index (χ1v) is 5.91. The van der Waals surface area contributed by atoms with Crippen LogP contribution in [0, 0.1) is 0 Å². The number of carboxylic acids is 1. The first-order valence-electron chi connectivity index (χ1n) is 5.91. The largest absolute Gasteiger partial charge is 0.478 e. The Bertz CT molecular complexity index is 467. The van der Waals surface area contributed by atoms with Gasteiger partial charge in [-0.3, -0.25) is 0 Å². The van der Waals surface area contributed by atoms with Crippen molar-refractivity contribution in [3.05, 3.63) is 79.9 Å². The fraction of sp³-hybridized carbons (Fsp3) is 0.0588. The molecule has 0 atom stereocenters. The van der Waals surface area contributed by atoms with E-state index in [1.165, 1.54) is 12.7 Å². The molecule has 0 fully saturated rings. The van der Waals surface area contributed by atoms with Gasteiger partial charge >= 0.3 is 11.9 Å². The van der Waals surface area contributed by atoms with Crippen molar-refractivity contribution in [1.82, 2.24) is 0 Å². The first kappa shape index (κ1) is 20.4. The summed E-state index contributed by atoms with van der Waals surface area (Å²) in [5.41, 5.74) is 1.17. The molecule has 4 nitrogen and oxygen atoms in total. The maximum atomic E-state index is 10.1. The fourth-order valence-electron chi connectivity index (χ4n) is 0.796. The predicted molar refractivity (Wildman–Crippen MR) is 85.7 cm³/mol. The lowest BCUT2D eigenvalue weighted by atomic mass is 10.2. The second-order valence-corrected chi connectivity index (χ2v) is 3.28. The third-order valence-electron chi connectivity index (χ3n) is 1.77. The molecule has 0 aliphatic rings. The SMILES string of the molecule is C=CC=C.C=Cc1ccccc1.COC(=O)/C=C\C(=O)O. The summed E-state index contributed by atoms with van der Waals surface area (Å²) in [6, 6.07) is 10.0. The Morgan fingerprint density at radius 2 is 1.57 bits per heavy atom. The van der Waals surface area contributed by atoms with Crippen molar-refractivity contribution < 1.29 is 19.4 Å². The minimum absolute atomic E-state index is 0.669. The summed E-state index contributed by atoms with van der Waals surface area (Å²) in [6.45, 7) is 10.4. The zero-order valence-corrected chi connectivity index (χ0v) is 12.1. The summed E-state index contributed by atoms with van der Waals surface area (Å²) in [7, 11) is 1.18. The number of carbonyl (C=O) groups excluding carboxylic acids is 1. The second kappa shape index (κ2) is 15.2. The van der Waals surface area contributed by atoms with Crippen molar-refractivity contribution in [3.63, 3.8) is 0 Å². The van der Waals surface area contributed by atoms with Crippen LogP contribution in [0.1, 0.15) is 5.56 Å². The second-order valence-electron chi connectivity index (χ2n) is 3.28. The van der Waals surface area contributed by atoms with E-state index in [1.807, 2.05) is 36.4 Å². The van der Waals surface area contributed by atoms with Gasteiger partial charge < -0.3 is 9.84 Å². The molecule has 1 aromatic rings. The summed E-state index contributed by atoms with van der Waals surface area (Å²) >= 11 is 0. The molecule has 0 aromatic heterocycles. The molecule has 0 aliphatic heterocycles. The third kappa shape index (κ3) is 17.1. The Morgan fingerprint density at radius 3 is 1.86 bits per heavy atom. The molecule has 0 unspecified atom stereocenters. The summed E-state index contributed by atoms with van der Waals surface area (Å²) in [6.07, 6.45) is 6.66. The molecule has 0 bridgehead atoms. The molecule has 0 amide bonds. The monoisotopic (exact) mass is 288 g/mol. The van der Waals surface area contributed by atoms with E-state index in [0.717, 1.165) is 6.08 Å². The maximum Gasteiger partial charge on any atom is 0.330 e. The number of allylic oxidation sites excluding steroid dienone is 2. The number of carbonyl (C=O) groups is 2. The minimum atomic E-state index is -1.17. The summed E-state index contributed by atoms with van der Waals surface area (Å²) in [5.74, 6) is -1.84. The Morgan fingerprint density at radius 1 is 1.05 bits per heavy atom. The molecule has 21 heavy (non-hydrogen) atoms. The fourth-order valence-corrected chi connectivity index (χ4v) is 0.796. The van der Waals surface area contributed by atoms with Crippen LogP contribution in [-0.2, 0) is 14.3 Å². The lowest BCUT2D eigenvalue weighted by Crippen LogP contribution is -1.96. The van der Waals surface area contributed by atoms with Gasteiger partial charge in [-0.1, -0.05) is 68.3 Å². The molecule has 4 heteroatoms. The number of carboxylic acid groups (broad SMARTS) is 1. The van der Waals surface area contributed by atoms with E-state index < -0.39 is 11.9 Å². The van der Waals surface area contributed by atoms with E-state index in [-0.39, 0.29) is 0 Å². The topological polar surface area (TPSA) is 63.6 Å². The zero-order chi connectivity index (χ0) is 16.5. The van der Waals surface area contributed by atoms with Crippen LogP contribution in [0.2, 0.25) is 0 Å². The highest BCUT2D eigenvalue weighted by atomic mass is 16.5. The highest BCUT2D eigenvalue weighted by molar-refractivity contribution is 5.90. The number of benzene rings is 1. The number of aliphatic carboxylic acids is 1.